The summed E-state index contributed by atoms with van der Waals surface area (Å²) in [6.45, 7) is 3.58. The standard InChI is InChI=1S/C19H21ClFN3O2/c1-23-7-9-24(10-8-23)17-5-3-13(20)11-16(17)22-19(25)15-12-14(21)4-6-18(15)26-2/h3-6,11-12H,7-10H2,1-2H3,(H,22,25). The number of amides is 1. The average Bonchev–Trinajstić information content (AvgIpc) is 2.63. The van der Waals surface area contributed by atoms with Crippen LogP contribution in [-0.2, 0) is 0 Å². The number of carbonyl (C=O) groups excluding carboxylic acids is 1. The number of hydrogen-bond donors (Lipinski definition) is 1. The predicted molar refractivity (Wildman–Crippen MR) is 102 cm³/mol. The van der Waals surface area contributed by atoms with Crippen LogP contribution in [0.3, 0.4) is 0 Å². The molecule has 1 aliphatic heterocycles. The Kier molecular flexibility index (Phi) is 5.64. The van der Waals surface area contributed by atoms with Crippen molar-refractivity contribution in [3.63, 3.8) is 0 Å². The highest BCUT2D eigenvalue weighted by molar-refractivity contribution is 6.31. The molecule has 0 aromatic heterocycles. The summed E-state index contributed by atoms with van der Waals surface area (Å²) in [6, 6.07) is 9.25. The number of benzene rings is 2. The van der Waals surface area contributed by atoms with E-state index in [0.29, 0.717) is 16.5 Å². The van der Waals surface area contributed by atoms with Gasteiger partial charge in [0, 0.05) is 31.2 Å². The maximum absolute atomic E-state index is 13.6. The normalized spacial score (nSPS) is 15.0. The molecule has 1 aliphatic rings. The third kappa shape index (κ3) is 4.08. The van der Waals surface area contributed by atoms with Crippen molar-refractivity contribution < 1.29 is 13.9 Å². The second-order valence-electron chi connectivity index (χ2n) is 6.25. The van der Waals surface area contributed by atoms with Gasteiger partial charge in [0.2, 0.25) is 0 Å². The summed E-state index contributed by atoms with van der Waals surface area (Å²) in [5.41, 5.74) is 1.63. The van der Waals surface area contributed by atoms with Crippen LogP contribution in [0.5, 0.6) is 5.75 Å². The maximum atomic E-state index is 13.6. The Morgan fingerprint density at radius 3 is 2.58 bits per heavy atom. The monoisotopic (exact) mass is 377 g/mol. The van der Waals surface area contributed by atoms with Gasteiger partial charge in [0.25, 0.3) is 5.91 Å². The fourth-order valence-corrected chi connectivity index (χ4v) is 3.15. The number of anilines is 2. The molecule has 0 radical (unpaired) electrons. The van der Waals surface area contributed by atoms with Gasteiger partial charge in [-0.1, -0.05) is 11.6 Å². The second-order valence-corrected chi connectivity index (χ2v) is 6.69. The first-order chi connectivity index (χ1) is 12.5. The van der Waals surface area contributed by atoms with Crippen molar-refractivity contribution in [1.29, 1.82) is 0 Å². The summed E-state index contributed by atoms with van der Waals surface area (Å²) in [6.07, 6.45) is 0. The average molecular weight is 378 g/mol. The van der Waals surface area contributed by atoms with Crippen LogP contribution in [0.25, 0.3) is 0 Å². The fraction of sp³-hybridized carbons (Fsp3) is 0.316. The van der Waals surface area contributed by atoms with Crippen molar-refractivity contribution in [2.24, 2.45) is 0 Å². The minimum absolute atomic E-state index is 0.136. The van der Waals surface area contributed by atoms with E-state index in [-0.39, 0.29) is 5.56 Å². The zero-order valence-electron chi connectivity index (χ0n) is 14.8. The smallest absolute Gasteiger partial charge is 0.259 e. The summed E-state index contributed by atoms with van der Waals surface area (Å²) in [5.74, 6) is -0.632. The number of methoxy groups -OCH3 is 1. The number of likely N-dealkylation sites (N-methyl/N-ethyl adjacent to an activating group) is 1. The lowest BCUT2D eigenvalue weighted by atomic mass is 10.1. The van der Waals surface area contributed by atoms with Gasteiger partial charge in [0.05, 0.1) is 24.0 Å². The zero-order chi connectivity index (χ0) is 18.7. The molecule has 0 unspecified atom stereocenters. The van der Waals surface area contributed by atoms with E-state index in [1.807, 2.05) is 6.07 Å². The Labute approximate surface area is 157 Å². The van der Waals surface area contributed by atoms with Crippen LogP contribution in [0.1, 0.15) is 10.4 Å². The molecule has 0 spiro atoms. The number of piperazine rings is 1. The van der Waals surface area contributed by atoms with Crippen molar-refractivity contribution >= 4 is 28.9 Å². The van der Waals surface area contributed by atoms with E-state index in [0.717, 1.165) is 37.9 Å². The Morgan fingerprint density at radius 2 is 1.88 bits per heavy atom. The molecule has 26 heavy (non-hydrogen) atoms. The highest BCUT2D eigenvalue weighted by atomic mass is 35.5. The summed E-state index contributed by atoms with van der Waals surface area (Å²) >= 11 is 6.13. The molecule has 5 nitrogen and oxygen atoms in total. The molecule has 7 heteroatoms. The van der Waals surface area contributed by atoms with Gasteiger partial charge in [0.1, 0.15) is 11.6 Å². The first-order valence-electron chi connectivity index (χ1n) is 8.36. The SMILES string of the molecule is COc1ccc(F)cc1C(=O)Nc1cc(Cl)ccc1N1CCN(C)CC1. The summed E-state index contributed by atoms with van der Waals surface area (Å²) < 4.78 is 18.8. The number of nitrogens with zero attached hydrogens (tertiary/aromatic N) is 2. The lowest BCUT2D eigenvalue weighted by molar-refractivity contribution is 0.102. The number of rotatable bonds is 4. The molecule has 1 fully saturated rings. The molecule has 1 saturated heterocycles. The lowest BCUT2D eigenvalue weighted by Gasteiger charge is -2.35. The van der Waals surface area contributed by atoms with Gasteiger partial charge >= 0.3 is 0 Å². The molecule has 2 aromatic carbocycles. The van der Waals surface area contributed by atoms with Crippen molar-refractivity contribution in [2.45, 2.75) is 0 Å². The van der Waals surface area contributed by atoms with Crippen LogP contribution < -0.4 is 15.0 Å². The minimum Gasteiger partial charge on any atom is -0.496 e. The van der Waals surface area contributed by atoms with E-state index >= 15 is 0 Å². The van der Waals surface area contributed by atoms with E-state index in [9.17, 15) is 9.18 Å². The first-order valence-corrected chi connectivity index (χ1v) is 8.73. The fourth-order valence-electron chi connectivity index (χ4n) is 2.98. The maximum Gasteiger partial charge on any atom is 0.259 e. The summed E-state index contributed by atoms with van der Waals surface area (Å²) in [4.78, 5) is 17.2. The third-order valence-corrected chi connectivity index (χ3v) is 4.69. The van der Waals surface area contributed by atoms with Crippen molar-refractivity contribution in [3.05, 3.63) is 52.8 Å². The molecular weight excluding hydrogens is 357 g/mol. The van der Waals surface area contributed by atoms with E-state index in [2.05, 4.69) is 22.2 Å². The van der Waals surface area contributed by atoms with Gasteiger partial charge in [-0.05, 0) is 43.4 Å². The van der Waals surface area contributed by atoms with Gasteiger partial charge in [-0.2, -0.15) is 0 Å². The molecule has 138 valence electrons. The number of nitrogens with one attached hydrogen (secondary N) is 1. The Morgan fingerprint density at radius 1 is 1.15 bits per heavy atom. The van der Waals surface area contributed by atoms with Crippen LogP contribution in [0.2, 0.25) is 5.02 Å². The zero-order valence-corrected chi connectivity index (χ0v) is 15.5. The van der Waals surface area contributed by atoms with Crippen LogP contribution in [-0.4, -0.2) is 51.1 Å². The summed E-state index contributed by atoms with van der Waals surface area (Å²) in [7, 11) is 3.52. The van der Waals surface area contributed by atoms with E-state index in [1.165, 1.54) is 19.2 Å². The second kappa shape index (κ2) is 7.93. The topological polar surface area (TPSA) is 44.8 Å². The molecule has 0 atom stereocenters. The minimum atomic E-state index is -0.499. The van der Waals surface area contributed by atoms with Gasteiger partial charge in [-0.15, -0.1) is 0 Å². The van der Waals surface area contributed by atoms with E-state index in [4.69, 9.17) is 16.3 Å². The lowest BCUT2D eigenvalue weighted by Crippen LogP contribution is -2.44. The van der Waals surface area contributed by atoms with Crippen LogP contribution >= 0.6 is 11.6 Å². The highest BCUT2D eigenvalue weighted by Crippen LogP contribution is 2.31. The van der Waals surface area contributed by atoms with E-state index < -0.39 is 11.7 Å². The van der Waals surface area contributed by atoms with Gasteiger partial charge in [-0.3, -0.25) is 4.79 Å². The largest absolute Gasteiger partial charge is 0.496 e. The molecule has 0 aliphatic carbocycles. The molecule has 2 aromatic rings. The summed E-state index contributed by atoms with van der Waals surface area (Å²) in [5, 5.41) is 3.37. The van der Waals surface area contributed by atoms with Crippen LogP contribution in [0.15, 0.2) is 36.4 Å². The molecule has 3 rings (SSSR count). The Bertz CT molecular complexity index is 807. The van der Waals surface area contributed by atoms with Crippen LogP contribution in [0.4, 0.5) is 15.8 Å². The highest BCUT2D eigenvalue weighted by Gasteiger charge is 2.20. The molecule has 1 heterocycles. The van der Waals surface area contributed by atoms with Crippen molar-refractivity contribution in [2.75, 3.05) is 50.6 Å². The van der Waals surface area contributed by atoms with Crippen molar-refractivity contribution in [1.82, 2.24) is 4.90 Å². The Balaban J connectivity index is 1.88. The van der Waals surface area contributed by atoms with E-state index in [1.54, 1.807) is 12.1 Å². The quantitative estimate of drug-likeness (QED) is 0.885. The molecular formula is C19H21ClFN3O2. The number of carbonyl (C=O) groups is 1. The van der Waals surface area contributed by atoms with Gasteiger partial charge in [0.15, 0.2) is 0 Å². The predicted octanol–water partition coefficient (Wildman–Crippen LogP) is 3.49. The van der Waals surface area contributed by atoms with Gasteiger partial charge < -0.3 is 19.9 Å². The van der Waals surface area contributed by atoms with Crippen molar-refractivity contribution in [3.8, 4) is 5.75 Å². The molecule has 0 saturated carbocycles. The molecule has 0 bridgehead atoms. The van der Waals surface area contributed by atoms with Crippen LogP contribution in [0, 0.1) is 5.82 Å². The number of ether oxygens (including phenoxy) is 1. The third-order valence-electron chi connectivity index (χ3n) is 4.46. The molecule has 1 N–H and O–H groups in total. The Hall–Kier alpha value is -2.31. The molecule has 1 amide bonds. The van der Waals surface area contributed by atoms with Gasteiger partial charge in [-0.25, -0.2) is 4.39 Å². The number of halogens is 2. The number of hydrogen-bond acceptors (Lipinski definition) is 4. The first kappa shape index (κ1) is 18.5.